The van der Waals surface area contributed by atoms with Gasteiger partial charge < -0.3 is 0 Å². The van der Waals surface area contributed by atoms with Crippen LogP contribution in [0.2, 0.25) is 0 Å². The number of halogens is 1. The van der Waals surface area contributed by atoms with Crippen molar-refractivity contribution in [3.8, 4) is 0 Å². The van der Waals surface area contributed by atoms with Crippen LogP contribution in [0.5, 0.6) is 0 Å². The van der Waals surface area contributed by atoms with Crippen molar-refractivity contribution in [2.45, 2.75) is 0 Å². The number of rotatable bonds is 0. The molecule has 0 saturated heterocycles. The highest BCUT2D eigenvalue weighted by molar-refractivity contribution is 6.11. The number of fused-ring (bicyclic) bond motifs is 6. The van der Waals surface area contributed by atoms with Gasteiger partial charge in [0.2, 0.25) is 5.95 Å². The molecule has 3 nitrogen and oxygen atoms in total. The summed E-state index contributed by atoms with van der Waals surface area (Å²) in [5.74, 6) is -0.445. The van der Waals surface area contributed by atoms with Crippen molar-refractivity contribution in [3.63, 3.8) is 0 Å². The molecule has 86 valence electrons. The lowest BCUT2D eigenvalue weighted by atomic mass is 10.1. The average Bonchev–Trinajstić information content (AvgIpc) is 2.88. The summed E-state index contributed by atoms with van der Waals surface area (Å²) in [6.45, 7) is 0. The van der Waals surface area contributed by atoms with Gasteiger partial charge in [-0.15, -0.1) is 0 Å². The monoisotopic (exact) mass is 237 g/mol. The predicted molar refractivity (Wildman–Crippen MR) is 68.0 cm³/mol. The number of hydrogen-bond donors (Lipinski definition) is 0. The molecule has 4 aromatic rings. The third-order valence-corrected chi connectivity index (χ3v) is 3.22. The molecule has 0 atom stereocenters. The van der Waals surface area contributed by atoms with Crippen LogP contribution in [0.4, 0.5) is 4.39 Å². The van der Waals surface area contributed by atoms with Crippen LogP contribution in [-0.4, -0.2) is 14.4 Å². The first-order chi connectivity index (χ1) is 8.86. The zero-order chi connectivity index (χ0) is 12.1. The SMILES string of the molecule is Fc1nccc2c1c1ccccc1c1nccn21. The first-order valence-corrected chi connectivity index (χ1v) is 5.64. The van der Waals surface area contributed by atoms with Crippen LogP contribution >= 0.6 is 0 Å². The van der Waals surface area contributed by atoms with E-state index in [1.807, 2.05) is 34.9 Å². The van der Waals surface area contributed by atoms with Gasteiger partial charge in [-0.2, -0.15) is 4.39 Å². The Kier molecular flexibility index (Phi) is 1.73. The molecule has 0 radical (unpaired) electrons. The molecule has 4 rings (SSSR count). The second-order valence-electron chi connectivity index (χ2n) is 4.16. The average molecular weight is 237 g/mol. The third-order valence-electron chi connectivity index (χ3n) is 3.22. The molecule has 0 fully saturated rings. The summed E-state index contributed by atoms with van der Waals surface area (Å²) in [4.78, 5) is 8.09. The van der Waals surface area contributed by atoms with Crippen LogP contribution in [0.25, 0.3) is 27.3 Å². The van der Waals surface area contributed by atoms with Crippen molar-refractivity contribution in [1.29, 1.82) is 0 Å². The minimum atomic E-state index is -0.445. The molecule has 3 aromatic heterocycles. The normalized spacial score (nSPS) is 11.6. The zero-order valence-electron chi connectivity index (χ0n) is 9.34. The highest BCUT2D eigenvalue weighted by Gasteiger charge is 2.12. The van der Waals surface area contributed by atoms with Gasteiger partial charge in [-0.3, -0.25) is 4.40 Å². The number of aromatic nitrogens is 3. The summed E-state index contributed by atoms with van der Waals surface area (Å²) in [7, 11) is 0. The minimum absolute atomic E-state index is 0.445. The van der Waals surface area contributed by atoms with E-state index in [0.717, 1.165) is 21.9 Å². The van der Waals surface area contributed by atoms with E-state index in [4.69, 9.17) is 0 Å². The van der Waals surface area contributed by atoms with Gasteiger partial charge >= 0.3 is 0 Å². The Bertz CT molecular complexity index is 895. The number of imidazole rings is 1. The van der Waals surface area contributed by atoms with Crippen LogP contribution in [-0.2, 0) is 0 Å². The second kappa shape index (κ2) is 3.26. The highest BCUT2D eigenvalue weighted by Crippen LogP contribution is 2.29. The lowest BCUT2D eigenvalue weighted by Gasteiger charge is -2.07. The quantitative estimate of drug-likeness (QED) is 0.347. The molecule has 1 aromatic carbocycles. The topological polar surface area (TPSA) is 30.2 Å². The Morgan fingerprint density at radius 3 is 2.67 bits per heavy atom. The summed E-state index contributed by atoms with van der Waals surface area (Å²) in [5, 5.41) is 2.32. The molecule has 0 N–H and O–H groups in total. The Morgan fingerprint density at radius 2 is 1.78 bits per heavy atom. The van der Waals surface area contributed by atoms with E-state index in [-0.39, 0.29) is 0 Å². The van der Waals surface area contributed by atoms with Crippen molar-refractivity contribution in [2.24, 2.45) is 0 Å². The van der Waals surface area contributed by atoms with E-state index in [9.17, 15) is 4.39 Å². The molecule has 0 spiro atoms. The predicted octanol–water partition coefficient (Wildman–Crippen LogP) is 3.17. The summed E-state index contributed by atoms with van der Waals surface area (Å²) < 4.78 is 15.9. The van der Waals surface area contributed by atoms with Crippen molar-refractivity contribution in [1.82, 2.24) is 14.4 Å². The molecule has 0 amide bonds. The van der Waals surface area contributed by atoms with E-state index in [2.05, 4.69) is 9.97 Å². The van der Waals surface area contributed by atoms with Crippen molar-refractivity contribution in [3.05, 3.63) is 54.9 Å². The Labute approximate surface area is 102 Å². The van der Waals surface area contributed by atoms with Gasteiger partial charge in [0.05, 0.1) is 10.9 Å². The van der Waals surface area contributed by atoms with Gasteiger partial charge in [-0.1, -0.05) is 24.3 Å². The molecule has 18 heavy (non-hydrogen) atoms. The Morgan fingerprint density at radius 1 is 0.944 bits per heavy atom. The standard InChI is InChI=1S/C14H8FN3/c15-13-12-9-3-1-2-4-10(9)14-17-7-8-18(14)11(12)5-6-16-13/h1-8H. The van der Waals surface area contributed by atoms with E-state index in [0.29, 0.717) is 5.39 Å². The zero-order valence-corrected chi connectivity index (χ0v) is 9.34. The number of benzene rings is 1. The summed E-state index contributed by atoms with van der Waals surface area (Å²) in [5.41, 5.74) is 1.62. The van der Waals surface area contributed by atoms with Crippen LogP contribution in [0.1, 0.15) is 0 Å². The molecule has 0 bridgehead atoms. The van der Waals surface area contributed by atoms with Crippen molar-refractivity contribution < 1.29 is 4.39 Å². The van der Waals surface area contributed by atoms with Crippen molar-refractivity contribution >= 4 is 27.3 Å². The van der Waals surface area contributed by atoms with Gasteiger partial charge in [-0.05, 0) is 11.5 Å². The van der Waals surface area contributed by atoms with E-state index < -0.39 is 5.95 Å². The fraction of sp³-hybridized carbons (Fsp3) is 0. The maximum absolute atomic E-state index is 14.0. The lowest BCUT2D eigenvalue weighted by molar-refractivity contribution is 0.597. The maximum atomic E-state index is 14.0. The van der Waals surface area contributed by atoms with E-state index >= 15 is 0 Å². The molecule has 3 heterocycles. The molecule has 0 saturated carbocycles. The smallest absolute Gasteiger partial charge is 0.222 e. The van der Waals surface area contributed by atoms with Gasteiger partial charge in [0.1, 0.15) is 5.65 Å². The van der Waals surface area contributed by atoms with Gasteiger partial charge in [0.15, 0.2) is 0 Å². The summed E-state index contributed by atoms with van der Waals surface area (Å²) in [6, 6.07) is 9.48. The fourth-order valence-corrected chi connectivity index (χ4v) is 2.47. The van der Waals surface area contributed by atoms with Gasteiger partial charge in [0, 0.05) is 24.0 Å². The van der Waals surface area contributed by atoms with Crippen LogP contribution in [0.15, 0.2) is 48.9 Å². The number of nitrogens with zero attached hydrogens (tertiary/aromatic N) is 3. The fourth-order valence-electron chi connectivity index (χ4n) is 2.47. The summed E-state index contributed by atoms with van der Waals surface area (Å²) in [6.07, 6.45) is 5.04. The second-order valence-corrected chi connectivity index (χ2v) is 4.16. The molecule has 0 aliphatic rings. The van der Waals surface area contributed by atoms with Gasteiger partial charge in [-0.25, -0.2) is 9.97 Å². The Balaban J connectivity index is 2.49. The van der Waals surface area contributed by atoms with E-state index in [1.165, 1.54) is 6.20 Å². The molecular weight excluding hydrogens is 229 g/mol. The largest absolute Gasteiger partial charge is 0.299 e. The van der Waals surface area contributed by atoms with Crippen LogP contribution < -0.4 is 0 Å². The Hall–Kier alpha value is -2.49. The molecule has 4 heteroatoms. The first kappa shape index (κ1) is 9.53. The third kappa shape index (κ3) is 1.07. The van der Waals surface area contributed by atoms with E-state index in [1.54, 1.807) is 12.3 Å². The molecule has 0 aliphatic heterocycles. The maximum Gasteiger partial charge on any atom is 0.222 e. The number of hydrogen-bond acceptors (Lipinski definition) is 2. The first-order valence-electron chi connectivity index (χ1n) is 5.64. The van der Waals surface area contributed by atoms with Gasteiger partial charge in [0.25, 0.3) is 0 Å². The van der Waals surface area contributed by atoms with Crippen molar-refractivity contribution in [2.75, 3.05) is 0 Å². The minimum Gasteiger partial charge on any atom is -0.299 e. The van der Waals surface area contributed by atoms with Crippen LogP contribution in [0.3, 0.4) is 0 Å². The van der Waals surface area contributed by atoms with Crippen LogP contribution in [0, 0.1) is 5.95 Å². The lowest BCUT2D eigenvalue weighted by Crippen LogP contribution is -1.94. The number of pyridine rings is 2. The molecular formula is C14H8FN3. The highest BCUT2D eigenvalue weighted by atomic mass is 19.1. The molecule has 0 aliphatic carbocycles. The summed E-state index contributed by atoms with van der Waals surface area (Å²) >= 11 is 0. The molecule has 0 unspecified atom stereocenters.